The van der Waals surface area contributed by atoms with E-state index in [1.165, 1.54) is 6.07 Å². The first kappa shape index (κ1) is 21.2. The molecule has 3 aromatic rings. The number of aliphatic carboxylic acids is 1. The molecule has 8 heteroatoms. The van der Waals surface area contributed by atoms with Crippen LogP contribution in [0.2, 0.25) is 5.02 Å². The molecule has 1 aliphatic rings. The third-order valence-corrected chi connectivity index (χ3v) is 5.59. The molecule has 1 aromatic heterocycles. The normalized spacial score (nSPS) is 17.9. The summed E-state index contributed by atoms with van der Waals surface area (Å²) in [5, 5.41) is 9.67. The van der Waals surface area contributed by atoms with Gasteiger partial charge in [-0.25, -0.2) is 0 Å². The van der Waals surface area contributed by atoms with Gasteiger partial charge >= 0.3 is 5.97 Å². The molecule has 1 fully saturated rings. The van der Waals surface area contributed by atoms with Crippen molar-refractivity contribution < 1.29 is 28.5 Å². The van der Waals surface area contributed by atoms with Crippen LogP contribution in [-0.2, 0) is 9.53 Å². The fourth-order valence-corrected chi connectivity index (χ4v) is 3.71. The minimum atomic E-state index is -0.782. The summed E-state index contributed by atoms with van der Waals surface area (Å²) in [7, 11) is 1.55. The number of halogens is 1. The van der Waals surface area contributed by atoms with E-state index in [1.807, 2.05) is 0 Å². The molecule has 0 radical (unpaired) electrons. The van der Waals surface area contributed by atoms with E-state index in [4.69, 9.17) is 35.3 Å². The van der Waals surface area contributed by atoms with Crippen LogP contribution < -0.4 is 14.9 Å². The largest absolute Gasteiger partial charge is 0.497 e. The van der Waals surface area contributed by atoms with Crippen molar-refractivity contribution in [2.45, 2.75) is 18.9 Å². The summed E-state index contributed by atoms with van der Waals surface area (Å²) in [6.45, 7) is 0.572. The zero-order chi connectivity index (χ0) is 22.0. The van der Waals surface area contributed by atoms with Crippen LogP contribution in [0.1, 0.15) is 12.8 Å². The lowest BCUT2D eigenvalue weighted by atomic mass is 9.82. The van der Waals surface area contributed by atoms with Crippen LogP contribution >= 0.6 is 11.6 Å². The average molecular weight is 445 g/mol. The van der Waals surface area contributed by atoms with Gasteiger partial charge in [-0.3, -0.25) is 9.59 Å². The highest BCUT2D eigenvalue weighted by Crippen LogP contribution is 2.35. The van der Waals surface area contributed by atoms with Crippen molar-refractivity contribution in [2.75, 3.05) is 20.3 Å². The summed E-state index contributed by atoms with van der Waals surface area (Å²) in [5.74, 6) is 0.284. The molecule has 0 unspecified atom stereocenters. The van der Waals surface area contributed by atoms with Crippen molar-refractivity contribution in [1.29, 1.82) is 0 Å². The first-order chi connectivity index (χ1) is 15.0. The molecule has 2 aromatic carbocycles. The summed E-state index contributed by atoms with van der Waals surface area (Å²) in [4.78, 5) is 23.5. The van der Waals surface area contributed by atoms with Gasteiger partial charge in [0.25, 0.3) is 0 Å². The van der Waals surface area contributed by atoms with E-state index in [-0.39, 0.29) is 24.1 Å². The predicted molar refractivity (Wildman–Crippen MR) is 115 cm³/mol. The van der Waals surface area contributed by atoms with Gasteiger partial charge < -0.3 is 23.7 Å². The quantitative estimate of drug-likeness (QED) is 0.515. The summed E-state index contributed by atoms with van der Waals surface area (Å²) >= 11 is 6.23. The highest BCUT2D eigenvalue weighted by atomic mass is 35.5. The number of hydrogen-bond acceptors (Lipinski definition) is 6. The maximum absolute atomic E-state index is 12.6. The molecule has 4 rings (SSSR count). The average Bonchev–Trinajstić information content (AvgIpc) is 2.72. The number of methoxy groups -OCH3 is 1. The molecule has 1 aliphatic carbocycles. The molecule has 1 saturated carbocycles. The minimum absolute atomic E-state index is 0.0549. The molecular formula is C23H21ClO7. The van der Waals surface area contributed by atoms with Gasteiger partial charge in [0.2, 0.25) is 0 Å². The number of carboxylic acid groups (broad SMARTS) is 1. The van der Waals surface area contributed by atoms with Crippen LogP contribution in [-0.4, -0.2) is 37.5 Å². The van der Waals surface area contributed by atoms with Crippen molar-refractivity contribution in [3.63, 3.8) is 0 Å². The van der Waals surface area contributed by atoms with E-state index >= 15 is 0 Å². The van der Waals surface area contributed by atoms with E-state index in [0.717, 1.165) is 0 Å². The molecule has 162 valence electrons. The van der Waals surface area contributed by atoms with Crippen molar-refractivity contribution in [2.24, 2.45) is 5.92 Å². The Morgan fingerprint density at radius 2 is 2.00 bits per heavy atom. The number of ether oxygens (including phenoxy) is 3. The Balaban J connectivity index is 1.53. The van der Waals surface area contributed by atoms with Crippen molar-refractivity contribution in [3.05, 3.63) is 57.7 Å². The molecule has 1 N–H and O–H groups in total. The van der Waals surface area contributed by atoms with Gasteiger partial charge in [0.15, 0.2) is 11.0 Å². The maximum Gasteiger partial charge on any atom is 0.306 e. The molecule has 7 nitrogen and oxygen atoms in total. The van der Waals surface area contributed by atoms with Crippen LogP contribution in [0, 0.1) is 5.92 Å². The Hall–Kier alpha value is -3.03. The molecular weight excluding hydrogens is 424 g/mol. The van der Waals surface area contributed by atoms with E-state index in [2.05, 4.69) is 0 Å². The lowest BCUT2D eigenvalue weighted by Gasteiger charge is -2.32. The number of benzene rings is 2. The Morgan fingerprint density at radius 1 is 1.19 bits per heavy atom. The van der Waals surface area contributed by atoms with Gasteiger partial charge in [0.05, 0.1) is 41.7 Å². The number of fused-ring (bicyclic) bond motifs is 1. The van der Waals surface area contributed by atoms with Crippen molar-refractivity contribution in [3.8, 4) is 22.8 Å². The fraction of sp³-hybridized carbons (Fsp3) is 0.304. The van der Waals surface area contributed by atoms with Crippen molar-refractivity contribution in [1.82, 2.24) is 0 Å². The number of carboxylic acids is 1. The molecule has 1 heterocycles. The maximum atomic E-state index is 12.6. The second kappa shape index (κ2) is 8.99. The van der Waals surface area contributed by atoms with Gasteiger partial charge in [-0.05, 0) is 43.2 Å². The Bertz CT molecular complexity index is 1160. The lowest BCUT2D eigenvalue weighted by Crippen LogP contribution is -2.37. The molecule has 0 atom stereocenters. The van der Waals surface area contributed by atoms with E-state index in [0.29, 0.717) is 58.3 Å². The van der Waals surface area contributed by atoms with Crippen LogP contribution in [0.25, 0.3) is 22.3 Å². The summed E-state index contributed by atoms with van der Waals surface area (Å²) < 4.78 is 22.8. The van der Waals surface area contributed by atoms with E-state index in [1.54, 1.807) is 43.5 Å². The third-order valence-electron chi connectivity index (χ3n) is 5.30. The summed E-state index contributed by atoms with van der Waals surface area (Å²) in [6, 6.07) is 11.6. The smallest absolute Gasteiger partial charge is 0.306 e. The molecule has 0 aliphatic heterocycles. The van der Waals surface area contributed by atoms with Crippen LogP contribution in [0.5, 0.6) is 11.5 Å². The number of rotatable bonds is 8. The molecule has 31 heavy (non-hydrogen) atoms. The van der Waals surface area contributed by atoms with E-state index in [9.17, 15) is 9.59 Å². The molecule has 0 amide bonds. The predicted octanol–water partition coefficient (Wildman–Crippen LogP) is 4.38. The standard InChI is InChI=1S/C23H21ClO7/c1-28-14-5-6-20(30-8-7-29-15-9-13(10-15)23(26)27)17(11-14)21-12-19(25)16-3-2-4-18(24)22(16)31-21/h2-6,11-13,15H,7-10H2,1H3,(H,26,27). The van der Waals surface area contributed by atoms with Gasteiger partial charge in [-0.2, -0.15) is 0 Å². The van der Waals surface area contributed by atoms with Gasteiger partial charge in [0.1, 0.15) is 23.9 Å². The zero-order valence-corrected chi connectivity index (χ0v) is 17.6. The topological polar surface area (TPSA) is 95.2 Å². The van der Waals surface area contributed by atoms with Crippen LogP contribution in [0.3, 0.4) is 0 Å². The molecule has 0 bridgehead atoms. The Labute approximate surface area is 183 Å². The van der Waals surface area contributed by atoms with Crippen molar-refractivity contribution >= 4 is 28.5 Å². The minimum Gasteiger partial charge on any atom is -0.497 e. The number of carbonyl (C=O) groups is 1. The van der Waals surface area contributed by atoms with Gasteiger partial charge in [-0.15, -0.1) is 0 Å². The Kier molecular flexibility index (Phi) is 6.15. The number of hydrogen-bond donors (Lipinski definition) is 1. The molecule has 0 spiro atoms. The second-order valence-corrected chi connectivity index (χ2v) is 7.71. The Morgan fingerprint density at radius 3 is 2.74 bits per heavy atom. The first-order valence-corrected chi connectivity index (χ1v) is 10.2. The van der Waals surface area contributed by atoms with Gasteiger partial charge in [-0.1, -0.05) is 17.7 Å². The highest BCUT2D eigenvalue weighted by molar-refractivity contribution is 6.34. The highest BCUT2D eigenvalue weighted by Gasteiger charge is 2.35. The zero-order valence-electron chi connectivity index (χ0n) is 16.8. The third kappa shape index (κ3) is 4.52. The van der Waals surface area contributed by atoms with Gasteiger partial charge in [0, 0.05) is 6.07 Å². The first-order valence-electron chi connectivity index (χ1n) is 9.84. The summed E-state index contributed by atoms with van der Waals surface area (Å²) in [6.07, 6.45) is 0.985. The second-order valence-electron chi connectivity index (χ2n) is 7.30. The fourth-order valence-electron chi connectivity index (χ4n) is 3.50. The van der Waals surface area contributed by atoms with E-state index < -0.39 is 5.97 Å². The summed E-state index contributed by atoms with van der Waals surface area (Å²) in [5.41, 5.74) is 0.642. The SMILES string of the molecule is COc1ccc(OCCOC2CC(C(=O)O)C2)c(-c2cc(=O)c3cccc(Cl)c3o2)c1. The molecule has 0 saturated heterocycles. The van der Waals surface area contributed by atoms with Crippen LogP contribution in [0.4, 0.5) is 0 Å². The van der Waals surface area contributed by atoms with Crippen LogP contribution in [0.15, 0.2) is 51.7 Å². The number of para-hydroxylation sites is 1. The lowest BCUT2D eigenvalue weighted by molar-refractivity contribution is -0.151. The monoisotopic (exact) mass is 444 g/mol.